The first-order valence-electron chi connectivity index (χ1n) is 4.54. The largest absolute Gasteiger partial charge is 0.396 e. The molecule has 0 atom stereocenters. The molecule has 72 valence electrons. The summed E-state index contributed by atoms with van der Waals surface area (Å²) >= 11 is 0. The van der Waals surface area contributed by atoms with Gasteiger partial charge in [-0.05, 0) is 18.8 Å². The van der Waals surface area contributed by atoms with Crippen LogP contribution in [-0.4, -0.2) is 24.2 Å². The quantitative estimate of drug-likeness (QED) is 0.587. The molecule has 0 aliphatic rings. The second-order valence-corrected chi connectivity index (χ2v) is 3.36. The van der Waals surface area contributed by atoms with Crippen molar-refractivity contribution in [3.05, 3.63) is 0 Å². The summed E-state index contributed by atoms with van der Waals surface area (Å²) in [5, 5.41) is 11.2. The Morgan fingerprint density at radius 2 is 2.17 bits per heavy atom. The van der Waals surface area contributed by atoms with E-state index in [9.17, 15) is 4.79 Å². The molecule has 0 aliphatic heterocycles. The Kier molecular flexibility index (Phi) is 6.76. The highest BCUT2D eigenvalue weighted by molar-refractivity contribution is 5.75. The summed E-state index contributed by atoms with van der Waals surface area (Å²) in [5.74, 6) is 0.640. The third-order valence-electron chi connectivity index (χ3n) is 1.62. The lowest BCUT2D eigenvalue weighted by Crippen LogP contribution is -2.25. The molecule has 3 heteroatoms. The average molecular weight is 173 g/mol. The molecule has 3 nitrogen and oxygen atoms in total. The monoisotopic (exact) mass is 173 g/mol. The number of rotatable bonds is 6. The zero-order valence-corrected chi connectivity index (χ0v) is 7.97. The molecule has 0 fully saturated rings. The van der Waals surface area contributed by atoms with Crippen molar-refractivity contribution in [1.29, 1.82) is 0 Å². The Morgan fingerprint density at radius 3 is 2.67 bits per heavy atom. The van der Waals surface area contributed by atoms with Crippen molar-refractivity contribution >= 4 is 5.91 Å². The van der Waals surface area contributed by atoms with Gasteiger partial charge in [0.1, 0.15) is 0 Å². The summed E-state index contributed by atoms with van der Waals surface area (Å²) in [6.07, 6.45) is 2.38. The van der Waals surface area contributed by atoms with Crippen molar-refractivity contribution in [3.63, 3.8) is 0 Å². The molecule has 0 aromatic rings. The summed E-state index contributed by atoms with van der Waals surface area (Å²) in [7, 11) is 0. The molecule has 0 bridgehead atoms. The fraction of sp³-hybridized carbons (Fsp3) is 0.889. The van der Waals surface area contributed by atoms with E-state index in [1.54, 1.807) is 0 Å². The number of carbonyl (C=O) groups is 1. The predicted octanol–water partition coefficient (Wildman–Crippen LogP) is 0.921. The van der Waals surface area contributed by atoms with Gasteiger partial charge in [0, 0.05) is 13.0 Å². The van der Waals surface area contributed by atoms with E-state index in [0.717, 1.165) is 19.4 Å². The maximum Gasteiger partial charge on any atom is 0.222 e. The maximum atomic E-state index is 10.8. The average Bonchev–Trinajstić information content (AvgIpc) is 1.98. The topological polar surface area (TPSA) is 49.3 Å². The lowest BCUT2D eigenvalue weighted by atomic mass is 10.1. The number of hydrogen-bond donors (Lipinski definition) is 2. The Bertz CT molecular complexity index is 124. The second kappa shape index (κ2) is 7.10. The van der Waals surface area contributed by atoms with Gasteiger partial charge in [0.05, 0.1) is 6.61 Å². The number of aliphatic hydroxyl groups excluding tert-OH is 1. The van der Waals surface area contributed by atoms with E-state index in [1.807, 2.05) is 0 Å². The van der Waals surface area contributed by atoms with Gasteiger partial charge in [0.2, 0.25) is 5.91 Å². The van der Waals surface area contributed by atoms with Crippen molar-refractivity contribution in [3.8, 4) is 0 Å². The molecule has 0 aromatic carbocycles. The molecule has 0 unspecified atom stereocenters. The maximum absolute atomic E-state index is 10.8. The van der Waals surface area contributed by atoms with E-state index in [1.165, 1.54) is 0 Å². The second-order valence-electron chi connectivity index (χ2n) is 3.36. The van der Waals surface area contributed by atoms with Crippen LogP contribution in [0.25, 0.3) is 0 Å². The van der Waals surface area contributed by atoms with Crippen LogP contribution in [0.3, 0.4) is 0 Å². The standard InChI is InChI=1S/C9H19NO2/c1-8(2)4-3-6-10-9(12)5-7-11/h8,11H,3-7H2,1-2H3,(H,10,12). The highest BCUT2D eigenvalue weighted by atomic mass is 16.3. The van der Waals surface area contributed by atoms with Gasteiger partial charge in [-0.15, -0.1) is 0 Å². The van der Waals surface area contributed by atoms with Gasteiger partial charge in [-0.3, -0.25) is 4.79 Å². The summed E-state index contributed by atoms with van der Waals surface area (Å²) in [6, 6.07) is 0. The Balaban J connectivity index is 3.14. The third kappa shape index (κ3) is 7.54. The van der Waals surface area contributed by atoms with Crippen LogP contribution in [0.1, 0.15) is 33.1 Å². The fourth-order valence-corrected chi connectivity index (χ4v) is 0.928. The minimum atomic E-state index is -0.0595. The molecule has 12 heavy (non-hydrogen) atoms. The molecule has 0 spiro atoms. The molecule has 2 N–H and O–H groups in total. The molecule has 0 rings (SSSR count). The molecule has 0 heterocycles. The zero-order chi connectivity index (χ0) is 9.40. The Hall–Kier alpha value is -0.570. The molecular weight excluding hydrogens is 154 g/mol. The van der Waals surface area contributed by atoms with Gasteiger partial charge >= 0.3 is 0 Å². The van der Waals surface area contributed by atoms with Crippen molar-refractivity contribution in [2.45, 2.75) is 33.1 Å². The fourth-order valence-electron chi connectivity index (χ4n) is 0.928. The van der Waals surface area contributed by atoms with E-state index in [-0.39, 0.29) is 18.9 Å². The van der Waals surface area contributed by atoms with Gasteiger partial charge < -0.3 is 10.4 Å². The lowest BCUT2D eigenvalue weighted by molar-refractivity contribution is -0.121. The van der Waals surface area contributed by atoms with Crippen LogP contribution in [0.15, 0.2) is 0 Å². The minimum absolute atomic E-state index is 0.0544. The van der Waals surface area contributed by atoms with Crippen molar-refractivity contribution in [2.24, 2.45) is 5.92 Å². The Morgan fingerprint density at radius 1 is 1.50 bits per heavy atom. The molecule has 0 saturated carbocycles. The molecule has 0 aromatic heterocycles. The first kappa shape index (κ1) is 11.4. The summed E-state index contributed by atoms with van der Waals surface area (Å²) in [5.41, 5.74) is 0. The number of aliphatic hydroxyl groups is 1. The van der Waals surface area contributed by atoms with E-state index < -0.39 is 0 Å². The zero-order valence-electron chi connectivity index (χ0n) is 7.97. The van der Waals surface area contributed by atoms with E-state index in [2.05, 4.69) is 19.2 Å². The molecular formula is C9H19NO2. The van der Waals surface area contributed by atoms with Crippen LogP contribution in [0.2, 0.25) is 0 Å². The Labute approximate surface area is 74.2 Å². The predicted molar refractivity (Wildman–Crippen MR) is 48.8 cm³/mol. The van der Waals surface area contributed by atoms with Crippen molar-refractivity contribution in [2.75, 3.05) is 13.2 Å². The minimum Gasteiger partial charge on any atom is -0.396 e. The first-order chi connectivity index (χ1) is 5.66. The number of carbonyl (C=O) groups excluding carboxylic acids is 1. The summed E-state index contributed by atoms with van der Waals surface area (Å²) in [6.45, 7) is 5.00. The van der Waals surface area contributed by atoms with E-state index in [4.69, 9.17) is 5.11 Å². The normalized spacial score (nSPS) is 10.3. The lowest BCUT2D eigenvalue weighted by Gasteiger charge is -2.05. The molecule has 0 radical (unpaired) electrons. The van der Waals surface area contributed by atoms with Crippen molar-refractivity contribution < 1.29 is 9.90 Å². The number of amides is 1. The highest BCUT2D eigenvalue weighted by Crippen LogP contribution is 2.01. The molecule has 1 amide bonds. The molecule has 0 aliphatic carbocycles. The first-order valence-corrected chi connectivity index (χ1v) is 4.54. The van der Waals surface area contributed by atoms with Crippen LogP contribution >= 0.6 is 0 Å². The van der Waals surface area contributed by atoms with E-state index in [0.29, 0.717) is 5.92 Å². The SMILES string of the molecule is CC(C)CCCNC(=O)CCO. The van der Waals surface area contributed by atoms with Gasteiger partial charge in [-0.2, -0.15) is 0 Å². The van der Waals surface area contributed by atoms with Crippen LogP contribution in [-0.2, 0) is 4.79 Å². The summed E-state index contributed by atoms with van der Waals surface area (Å²) in [4.78, 5) is 10.8. The van der Waals surface area contributed by atoms with Crippen LogP contribution in [0.4, 0.5) is 0 Å². The van der Waals surface area contributed by atoms with Gasteiger partial charge in [0.15, 0.2) is 0 Å². The van der Waals surface area contributed by atoms with Crippen LogP contribution in [0.5, 0.6) is 0 Å². The van der Waals surface area contributed by atoms with Crippen LogP contribution in [0, 0.1) is 5.92 Å². The van der Waals surface area contributed by atoms with Gasteiger partial charge in [0.25, 0.3) is 0 Å². The third-order valence-corrected chi connectivity index (χ3v) is 1.62. The smallest absolute Gasteiger partial charge is 0.222 e. The number of nitrogens with one attached hydrogen (secondary N) is 1. The van der Waals surface area contributed by atoms with Gasteiger partial charge in [-0.1, -0.05) is 13.8 Å². The van der Waals surface area contributed by atoms with Gasteiger partial charge in [-0.25, -0.2) is 0 Å². The highest BCUT2D eigenvalue weighted by Gasteiger charge is 1.98. The van der Waals surface area contributed by atoms with Crippen LogP contribution < -0.4 is 5.32 Å². The molecule has 0 saturated heterocycles. The van der Waals surface area contributed by atoms with E-state index >= 15 is 0 Å². The van der Waals surface area contributed by atoms with Crippen molar-refractivity contribution in [1.82, 2.24) is 5.32 Å². The number of hydrogen-bond acceptors (Lipinski definition) is 2. The summed E-state index contributed by atoms with van der Waals surface area (Å²) < 4.78 is 0.